The summed E-state index contributed by atoms with van der Waals surface area (Å²) in [5.41, 5.74) is 1.38. The predicted molar refractivity (Wildman–Crippen MR) is 88.1 cm³/mol. The fraction of sp³-hybridized carbons (Fsp3) is 0.412. The maximum atomic E-state index is 12.7. The van der Waals surface area contributed by atoms with Crippen LogP contribution in [-0.4, -0.2) is 65.3 Å². The maximum absolute atomic E-state index is 12.7. The van der Waals surface area contributed by atoms with E-state index in [-0.39, 0.29) is 11.9 Å². The van der Waals surface area contributed by atoms with E-state index in [0.717, 1.165) is 31.1 Å². The monoisotopic (exact) mass is 314 g/mol. The Bertz CT molecular complexity index is 680. The first-order valence-corrected chi connectivity index (χ1v) is 7.78. The van der Waals surface area contributed by atoms with E-state index in [0.29, 0.717) is 5.69 Å². The Morgan fingerprint density at radius 1 is 1.22 bits per heavy atom. The zero-order valence-electron chi connectivity index (χ0n) is 13.8. The Balaban J connectivity index is 1.76. The lowest BCUT2D eigenvalue weighted by Crippen LogP contribution is -2.52. The van der Waals surface area contributed by atoms with Crippen LogP contribution < -0.4 is 4.74 Å². The van der Waals surface area contributed by atoms with Gasteiger partial charge in [0.1, 0.15) is 5.75 Å². The predicted octanol–water partition coefficient (Wildman–Crippen LogP) is 1.66. The summed E-state index contributed by atoms with van der Waals surface area (Å²) < 4.78 is 6.87. The molecule has 1 fully saturated rings. The van der Waals surface area contributed by atoms with Gasteiger partial charge in [-0.05, 0) is 44.3 Å². The second-order valence-corrected chi connectivity index (χ2v) is 5.95. The first-order chi connectivity index (χ1) is 11.1. The number of benzene rings is 1. The molecule has 6 nitrogen and oxygen atoms in total. The van der Waals surface area contributed by atoms with Gasteiger partial charge in [-0.2, -0.15) is 5.10 Å². The van der Waals surface area contributed by atoms with Gasteiger partial charge in [0.15, 0.2) is 5.69 Å². The minimum absolute atomic E-state index is 0.00198. The van der Waals surface area contributed by atoms with Gasteiger partial charge in [-0.3, -0.25) is 4.79 Å². The Labute approximate surface area is 136 Å². The average Bonchev–Trinajstić information content (AvgIpc) is 3.04. The van der Waals surface area contributed by atoms with Gasteiger partial charge in [-0.1, -0.05) is 0 Å². The molecule has 0 aliphatic carbocycles. The molecule has 1 amide bonds. The molecule has 0 saturated carbocycles. The molecule has 1 aromatic carbocycles. The first kappa shape index (κ1) is 15.6. The van der Waals surface area contributed by atoms with Gasteiger partial charge in [-0.25, -0.2) is 4.68 Å². The molecule has 0 spiro atoms. The lowest BCUT2D eigenvalue weighted by atomic mass is 10.2. The molecule has 0 bridgehead atoms. The van der Waals surface area contributed by atoms with Crippen LogP contribution in [0.2, 0.25) is 0 Å². The van der Waals surface area contributed by atoms with Crippen LogP contribution in [0.4, 0.5) is 0 Å². The lowest BCUT2D eigenvalue weighted by molar-refractivity contribution is 0.0527. The summed E-state index contributed by atoms with van der Waals surface area (Å²) in [6, 6.07) is 9.56. The number of carbonyl (C=O) groups excluding carboxylic acids is 1. The van der Waals surface area contributed by atoms with Crippen LogP contribution in [0.3, 0.4) is 0 Å². The minimum Gasteiger partial charge on any atom is -0.497 e. The molecule has 2 heterocycles. The average molecular weight is 314 g/mol. The highest BCUT2D eigenvalue weighted by molar-refractivity contribution is 5.92. The van der Waals surface area contributed by atoms with Gasteiger partial charge < -0.3 is 14.5 Å². The van der Waals surface area contributed by atoms with Crippen molar-refractivity contribution in [1.29, 1.82) is 0 Å². The summed E-state index contributed by atoms with van der Waals surface area (Å²) in [7, 11) is 3.72. The molecule has 0 radical (unpaired) electrons. The SMILES string of the molecule is COc1ccc(-n2ccc(C(=O)N3CCN(C)C[C@H]3C)n2)cc1. The summed E-state index contributed by atoms with van der Waals surface area (Å²) in [5, 5.41) is 4.44. The quantitative estimate of drug-likeness (QED) is 0.864. The Morgan fingerprint density at radius 2 is 1.96 bits per heavy atom. The molecule has 1 atom stereocenters. The van der Waals surface area contributed by atoms with Crippen LogP contribution >= 0.6 is 0 Å². The number of rotatable bonds is 3. The lowest BCUT2D eigenvalue weighted by Gasteiger charge is -2.37. The van der Waals surface area contributed by atoms with Crippen LogP contribution in [-0.2, 0) is 0 Å². The highest BCUT2D eigenvalue weighted by atomic mass is 16.5. The van der Waals surface area contributed by atoms with Crippen molar-refractivity contribution >= 4 is 5.91 Å². The van der Waals surface area contributed by atoms with E-state index in [4.69, 9.17) is 4.74 Å². The number of ether oxygens (including phenoxy) is 1. The Kier molecular flexibility index (Phi) is 4.34. The fourth-order valence-electron chi connectivity index (χ4n) is 2.91. The molecule has 3 rings (SSSR count). The minimum atomic E-state index is -0.00198. The van der Waals surface area contributed by atoms with E-state index in [1.165, 1.54) is 0 Å². The summed E-state index contributed by atoms with van der Waals surface area (Å²) >= 11 is 0. The molecule has 1 saturated heterocycles. The zero-order chi connectivity index (χ0) is 16.4. The van der Waals surface area contributed by atoms with E-state index in [1.54, 1.807) is 17.9 Å². The van der Waals surface area contributed by atoms with Gasteiger partial charge in [0, 0.05) is 31.9 Å². The number of hydrogen-bond acceptors (Lipinski definition) is 4. The van der Waals surface area contributed by atoms with Crippen molar-refractivity contribution in [3.8, 4) is 11.4 Å². The molecule has 0 N–H and O–H groups in total. The van der Waals surface area contributed by atoms with Crippen molar-refractivity contribution in [3.05, 3.63) is 42.2 Å². The molecule has 1 aromatic heterocycles. The summed E-state index contributed by atoms with van der Waals surface area (Å²) in [6.45, 7) is 4.61. The molecular weight excluding hydrogens is 292 g/mol. The van der Waals surface area contributed by atoms with Crippen molar-refractivity contribution in [1.82, 2.24) is 19.6 Å². The number of likely N-dealkylation sites (N-methyl/N-ethyl adjacent to an activating group) is 1. The Morgan fingerprint density at radius 3 is 2.61 bits per heavy atom. The molecule has 23 heavy (non-hydrogen) atoms. The second-order valence-electron chi connectivity index (χ2n) is 5.95. The van der Waals surface area contributed by atoms with E-state index >= 15 is 0 Å². The number of methoxy groups -OCH3 is 1. The number of carbonyl (C=O) groups is 1. The molecule has 6 heteroatoms. The largest absolute Gasteiger partial charge is 0.497 e. The van der Waals surface area contributed by atoms with Gasteiger partial charge in [-0.15, -0.1) is 0 Å². The Hall–Kier alpha value is -2.34. The number of hydrogen-bond donors (Lipinski definition) is 0. The first-order valence-electron chi connectivity index (χ1n) is 7.78. The topological polar surface area (TPSA) is 50.6 Å². The standard InChI is InChI=1S/C17H22N4O2/c1-13-12-19(2)10-11-20(13)17(22)16-8-9-21(18-16)14-4-6-15(23-3)7-5-14/h4-9,13H,10-12H2,1-3H3/t13-/m1/s1. The molecule has 122 valence electrons. The third kappa shape index (κ3) is 3.22. The summed E-state index contributed by atoms with van der Waals surface area (Å²) in [5.74, 6) is 0.793. The van der Waals surface area contributed by atoms with Gasteiger partial charge in [0.05, 0.1) is 12.8 Å². The smallest absolute Gasteiger partial charge is 0.274 e. The van der Waals surface area contributed by atoms with Crippen molar-refractivity contribution in [2.45, 2.75) is 13.0 Å². The number of amides is 1. The molecule has 1 aliphatic heterocycles. The third-order valence-electron chi connectivity index (χ3n) is 4.24. The third-order valence-corrected chi connectivity index (χ3v) is 4.24. The number of aromatic nitrogens is 2. The molecular formula is C17H22N4O2. The summed E-state index contributed by atoms with van der Waals surface area (Å²) in [6.07, 6.45) is 1.82. The van der Waals surface area contributed by atoms with Crippen molar-refractivity contribution in [2.75, 3.05) is 33.8 Å². The highest BCUT2D eigenvalue weighted by Crippen LogP contribution is 2.16. The van der Waals surface area contributed by atoms with E-state index in [2.05, 4.69) is 24.0 Å². The van der Waals surface area contributed by atoms with Crippen LogP contribution in [0, 0.1) is 0 Å². The van der Waals surface area contributed by atoms with Crippen molar-refractivity contribution < 1.29 is 9.53 Å². The summed E-state index contributed by atoms with van der Waals surface area (Å²) in [4.78, 5) is 16.8. The van der Waals surface area contributed by atoms with Crippen LogP contribution in [0.1, 0.15) is 17.4 Å². The van der Waals surface area contributed by atoms with E-state index in [9.17, 15) is 4.79 Å². The van der Waals surface area contributed by atoms with Gasteiger partial charge in [0.25, 0.3) is 5.91 Å². The van der Waals surface area contributed by atoms with Gasteiger partial charge >= 0.3 is 0 Å². The molecule has 1 aliphatic rings. The van der Waals surface area contributed by atoms with E-state index in [1.807, 2.05) is 35.4 Å². The molecule has 2 aromatic rings. The zero-order valence-corrected chi connectivity index (χ0v) is 13.8. The highest BCUT2D eigenvalue weighted by Gasteiger charge is 2.27. The molecule has 0 unspecified atom stereocenters. The second kappa shape index (κ2) is 6.42. The van der Waals surface area contributed by atoms with Crippen LogP contribution in [0.5, 0.6) is 5.75 Å². The van der Waals surface area contributed by atoms with Crippen LogP contribution in [0.15, 0.2) is 36.5 Å². The van der Waals surface area contributed by atoms with E-state index < -0.39 is 0 Å². The van der Waals surface area contributed by atoms with Gasteiger partial charge in [0.2, 0.25) is 0 Å². The maximum Gasteiger partial charge on any atom is 0.274 e. The van der Waals surface area contributed by atoms with Crippen molar-refractivity contribution in [3.63, 3.8) is 0 Å². The van der Waals surface area contributed by atoms with Crippen LogP contribution in [0.25, 0.3) is 5.69 Å². The fourth-order valence-corrected chi connectivity index (χ4v) is 2.91. The number of nitrogens with zero attached hydrogens (tertiary/aromatic N) is 4. The number of piperazine rings is 1. The van der Waals surface area contributed by atoms with Crippen molar-refractivity contribution in [2.24, 2.45) is 0 Å². The normalized spacial score (nSPS) is 18.9.